The Morgan fingerprint density at radius 2 is 2.08 bits per heavy atom. The molecule has 4 heterocycles. The molecule has 0 spiro atoms. The zero-order chi connectivity index (χ0) is 26.8. The summed E-state index contributed by atoms with van der Waals surface area (Å²) in [6, 6.07) is 3.04. The normalized spacial score (nSPS) is 25.5. The van der Waals surface area contributed by atoms with Gasteiger partial charge in [0, 0.05) is 46.5 Å². The lowest BCUT2D eigenvalue weighted by Crippen LogP contribution is -2.59. The quantitative estimate of drug-likeness (QED) is 0.466. The zero-order valence-electron chi connectivity index (χ0n) is 20.4. The molecule has 2 fully saturated rings. The lowest BCUT2D eigenvalue weighted by molar-refractivity contribution is -0.151. The summed E-state index contributed by atoms with van der Waals surface area (Å²) in [5.74, 6) is -1.62. The number of morpholine rings is 1. The number of carbonyl (C=O) groups is 2. The molecule has 1 aromatic carbocycles. The number of carbonyl (C=O) groups excluding carboxylic acids is 1. The van der Waals surface area contributed by atoms with Crippen molar-refractivity contribution in [3.63, 3.8) is 0 Å². The number of aliphatic carboxylic acids is 1. The number of amidine groups is 1. The second-order valence-corrected chi connectivity index (χ2v) is 10.5. The Balaban J connectivity index is 1.51. The third kappa shape index (κ3) is 5.59. The van der Waals surface area contributed by atoms with Gasteiger partial charge >= 0.3 is 11.9 Å². The number of thiazole rings is 1. The van der Waals surface area contributed by atoms with Crippen LogP contribution < -0.4 is 5.32 Å². The molecule has 3 aliphatic rings. The number of aromatic nitrogens is 1. The maximum atomic E-state index is 13.9. The van der Waals surface area contributed by atoms with E-state index in [-0.39, 0.29) is 35.4 Å². The Labute approximate surface area is 227 Å². The molecule has 2 bridgehead atoms. The van der Waals surface area contributed by atoms with Gasteiger partial charge < -0.3 is 24.6 Å². The highest BCUT2D eigenvalue weighted by atomic mass is 35.5. The largest absolute Gasteiger partial charge is 0.480 e. The number of methoxy groups -OCH3 is 1. The SMILES string of the molecule is COC(=O)C1=C(CN2C3COCC2CC(OCC(=O)O)C3)NC(c2nccs2)=NC1c1ccc(F)cc1Cl. The molecule has 3 atom stereocenters. The molecule has 0 radical (unpaired) electrons. The summed E-state index contributed by atoms with van der Waals surface area (Å²) < 4.78 is 30.4. The smallest absolute Gasteiger partial charge is 0.338 e. The monoisotopic (exact) mass is 564 g/mol. The number of aliphatic imine (C=N–C) groups is 1. The summed E-state index contributed by atoms with van der Waals surface area (Å²) >= 11 is 7.82. The van der Waals surface area contributed by atoms with Crippen molar-refractivity contribution in [2.45, 2.75) is 37.1 Å². The van der Waals surface area contributed by atoms with Gasteiger partial charge in [-0.25, -0.2) is 19.0 Å². The lowest BCUT2D eigenvalue weighted by Gasteiger charge is -2.48. The summed E-state index contributed by atoms with van der Waals surface area (Å²) in [5, 5.41) is 14.9. The average molecular weight is 565 g/mol. The van der Waals surface area contributed by atoms with Gasteiger partial charge in [0.2, 0.25) is 0 Å². The predicted octanol–water partition coefficient (Wildman–Crippen LogP) is 2.79. The van der Waals surface area contributed by atoms with Crippen molar-refractivity contribution in [2.24, 2.45) is 4.99 Å². The van der Waals surface area contributed by atoms with E-state index in [1.54, 1.807) is 6.20 Å². The van der Waals surface area contributed by atoms with Crippen LogP contribution in [0, 0.1) is 5.82 Å². The van der Waals surface area contributed by atoms with Crippen LogP contribution in [-0.4, -0.2) is 84.4 Å². The Morgan fingerprint density at radius 3 is 2.71 bits per heavy atom. The number of fused-ring (bicyclic) bond motifs is 2. The van der Waals surface area contributed by atoms with Crippen molar-refractivity contribution < 1.29 is 33.3 Å². The second kappa shape index (κ2) is 11.5. The summed E-state index contributed by atoms with van der Waals surface area (Å²) in [5.41, 5.74) is 1.31. The van der Waals surface area contributed by atoms with Crippen LogP contribution in [0.5, 0.6) is 0 Å². The number of piperidine rings is 1. The van der Waals surface area contributed by atoms with Crippen molar-refractivity contribution in [3.05, 3.63) is 62.5 Å². The minimum atomic E-state index is -1.01. The topological polar surface area (TPSA) is 123 Å². The molecular formula is C25H26ClFN4O6S. The molecular weight excluding hydrogens is 539 g/mol. The van der Waals surface area contributed by atoms with E-state index in [9.17, 15) is 14.0 Å². The number of carboxylic acids is 1. The molecule has 2 N–H and O–H groups in total. The molecule has 3 aliphatic heterocycles. The van der Waals surface area contributed by atoms with Gasteiger partial charge in [-0.2, -0.15) is 0 Å². The number of nitrogens with zero attached hydrogens (tertiary/aromatic N) is 3. The Kier molecular flexibility index (Phi) is 8.05. The van der Waals surface area contributed by atoms with Crippen LogP contribution >= 0.6 is 22.9 Å². The van der Waals surface area contributed by atoms with Crippen molar-refractivity contribution in [2.75, 3.05) is 33.5 Å². The van der Waals surface area contributed by atoms with Gasteiger partial charge in [0.25, 0.3) is 0 Å². The van der Waals surface area contributed by atoms with Crippen molar-refractivity contribution >= 4 is 40.7 Å². The van der Waals surface area contributed by atoms with Gasteiger partial charge in [-0.05, 0) is 25.0 Å². The first-order chi connectivity index (χ1) is 18.3. The summed E-state index contributed by atoms with van der Waals surface area (Å²) in [7, 11) is 1.30. The Bertz CT molecular complexity index is 1260. The number of hydrogen-bond donors (Lipinski definition) is 2. The molecule has 2 aromatic rings. The van der Waals surface area contributed by atoms with E-state index < -0.39 is 23.8 Å². The molecule has 13 heteroatoms. The first kappa shape index (κ1) is 26.7. The first-order valence-electron chi connectivity index (χ1n) is 12.0. The fourth-order valence-corrected chi connectivity index (χ4v) is 6.03. The molecule has 2 saturated heterocycles. The minimum Gasteiger partial charge on any atom is -0.480 e. The van der Waals surface area contributed by atoms with Crippen LogP contribution in [0.25, 0.3) is 0 Å². The van der Waals surface area contributed by atoms with Gasteiger partial charge in [0.15, 0.2) is 10.8 Å². The van der Waals surface area contributed by atoms with E-state index in [1.165, 1.54) is 36.6 Å². The molecule has 1 aromatic heterocycles. The molecule has 3 unspecified atom stereocenters. The zero-order valence-corrected chi connectivity index (χ0v) is 22.0. The number of ether oxygens (including phenoxy) is 3. The van der Waals surface area contributed by atoms with E-state index in [0.717, 1.165) is 0 Å². The van der Waals surface area contributed by atoms with Gasteiger partial charge in [-0.15, -0.1) is 11.3 Å². The molecule has 0 saturated carbocycles. The molecule has 5 rings (SSSR count). The summed E-state index contributed by atoms with van der Waals surface area (Å²) in [6.45, 7) is 0.891. The minimum absolute atomic E-state index is 0.0514. The van der Waals surface area contributed by atoms with E-state index >= 15 is 0 Å². The first-order valence-corrected chi connectivity index (χ1v) is 13.3. The standard InChI is InChI=1S/C25H26ClFN4O6S/c1-35-25(34)21-19(9-31-14-7-16(37-12-20(32)33)8-15(31)11-36-10-14)29-23(24-28-4-5-38-24)30-22(21)17-3-2-13(27)6-18(17)26/h2-6,14-16,22H,7-12H2,1H3,(H,29,30)(H,32,33). The van der Waals surface area contributed by atoms with Gasteiger partial charge in [0.05, 0.1) is 32.0 Å². The van der Waals surface area contributed by atoms with E-state index in [2.05, 4.69) is 15.2 Å². The number of carboxylic acid groups (broad SMARTS) is 1. The molecule has 0 aliphatic carbocycles. The number of hydrogen-bond acceptors (Lipinski definition) is 10. The van der Waals surface area contributed by atoms with Gasteiger partial charge in [-0.3, -0.25) is 9.89 Å². The fourth-order valence-electron chi connectivity index (χ4n) is 5.17. The predicted molar refractivity (Wildman–Crippen MR) is 137 cm³/mol. The number of nitrogens with one attached hydrogen (secondary N) is 1. The maximum Gasteiger partial charge on any atom is 0.338 e. The molecule has 202 valence electrons. The van der Waals surface area contributed by atoms with Crippen LogP contribution in [0.2, 0.25) is 5.02 Å². The van der Waals surface area contributed by atoms with E-state index in [4.69, 9.17) is 35.9 Å². The maximum absolute atomic E-state index is 13.9. The second-order valence-electron chi connectivity index (χ2n) is 9.21. The van der Waals surface area contributed by atoms with Crippen LogP contribution in [0.1, 0.15) is 29.5 Å². The van der Waals surface area contributed by atoms with Crippen molar-refractivity contribution in [1.82, 2.24) is 15.2 Å². The highest BCUT2D eigenvalue weighted by Gasteiger charge is 2.42. The molecule has 10 nitrogen and oxygen atoms in total. The van der Waals surface area contributed by atoms with Crippen LogP contribution in [0.4, 0.5) is 4.39 Å². The Morgan fingerprint density at radius 1 is 1.32 bits per heavy atom. The molecule has 38 heavy (non-hydrogen) atoms. The van der Waals surface area contributed by atoms with Crippen LogP contribution in [0.15, 0.2) is 46.0 Å². The number of esters is 1. The third-order valence-corrected chi connectivity index (χ3v) is 7.94. The molecule has 0 amide bonds. The lowest BCUT2D eigenvalue weighted by atomic mass is 9.90. The van der Waals surface area contributed by atoms with Crippen LogP contribution in [0.3, 0.4) is 0 Å². The Hall–Kier alpha value is -2.90. The van der Waals surface area contributed by atoms with Gasteiger partial charge in [-0.1, -0.05) is 17.7 Å². The number of halogens is 2. The third-order valence-electron chi connectivity index (χ3n) is 6.83. The van der Waals surface area contributed by atoms with Crippen LogP contribution in [-0.2, 0) is 23.8 Å². The van der Waals surface area contributed by atoms with Crippen molar-refractivity contribution in [3.8, 4) is 0 Å². The summed E-state index contributed by atoms with van der Waals surface area (Å²) in [6.07, 6.45) is 2.64. The van der Waals surface area contributed by atoms with Crippen molar-refractivity contribution in [1.29, 1.82) is 0 Å². The number of rotatable bonds is 8. The highest BCUT2D eigenvalue weighted by molar-refractivity contribution is 7.11. The summed E-state index contributed by atoms with van der Waals surface area (Å²) in [4.78, 5) is 35.6. The average Bonchev–Trinajstić information content (AvgIpc) is 3.42. The number of benzene rings is 1. The van der Waals surface area contributed by atoms with Gasteiger partial charge in [0.1, 0.15) is 18.5 Å². The fraction of sp³-hybridized carbons (Fsp3) is 0.440. The highest BCUT2D eigenvalue weighted by Crippen LogP contribution is 2.38. The van der Waals surface area contributed by atoms with E-state index in [1.807, 2.05) is 5.38 Å². The van der Waals surface area contributed by atoms with E-state index in [0.29, 0.717) is 54.7 Å².